The molecule has 0 bridgehead atoms. The third-order valence-corrected chi connectivity index (χ3v) is 4.20. The summed E-state index contributed by atoms with van der Waals surface area (Å²) >= 11 is 1.47. The first-order valence-electron chi connectivity index (χ1n) is 7.69. The fraction of sp³-hybridized carbons (Fsp3) is 0.0909. The quantitative estimate of drug-likeness (QED) is 0.445. The molecule has 0 saturated heterocycles. The Balaban J connectivity index is 0.000000345. The molecule has 3 aromatic rings. The van der Waals surface area contributed by atoms with Gasteiger partial charge in [0.1, 0.15) is 0 Å². The van der Waals surface area contributed by atoms with Crippen molar-refractivity contribution in [3.63, 3.8) is 0 Å². The van der Waals surface area contributed by atoms with Crippen molar-refractivity contribution in [1.82, 2.24) is 0 Å². The Morgan fingerprint density at radius 1 is 1.00 bits per heavy atom. The van der Waals surface area contributed by atoms with Gasteiger partial charge in [-0.25, -0.2) is 12.2 Å². The van der Waals surface area contributed by atoms with E-state index in [1.165, 1.54) is 46.1 Å². The maximum Gasteiger partial charge on any atom is -0.0809 e. The molecular formula is C22H20Cl2Zr-2. The fourth-order valence-electron chi connectivity index (χ4n) is 2.07. The molecule has 0 nitrogen and oxygen atoms in total. The van der Waals surface area contributed by atoms with Crippen molar-refractivity contribution in [1.29, 1.82) is 0 Å². The normalized spacial score (nSPS) is 10.5. The zero-order chi connectivity index (χ0) is 16.3. The average Bonchev–Trinajstić information content (AvgIpc) is 3.30. The summed E-state index contributed by atoms with van der Waals surface area (Å²) in [7, 11) is 0. The zero-order valence-electron chi connectivity index (χ0n) is 14.1. The summed E-state index contributed by atoms with van der Waals surface area (Å²) in [6.07, 6.45) is 10.0. The van der Waals surface area contributed by atoms with Gasteiger partial charge in [0.15, 0.2) is 0 Å². The second kappa shape index (κ2) is 14.1. The Morgan fingerprint density at radius 3 is 2.24 bits per heavy atom. The molecule has 0 N–H and O–H groups in total. The van der Waals surface area contributed by atoms with E-state index in [1.807, 2.05) is 12.2 Å². The molecule has 0 atom stereocenters. The van der Waals surface area contributed by atoms with Gasteiger partial charge in [0.05, 0.1) is 0 Å². The van der Waals surface area contributed by atoms with Crippen molar-refractivity contribution >= 4 is 14.5 Å². The van der Waals surface area contributed by atoms with Gasteiger partial charge < -0.3 is 24.8 Å². The van der Waals surface area contributed by atoms with Crippen LogP contribution in [-0.2, 0) is 24.2 Å². The molecule has 1 aliphatic rings. The van der Waals surface area contributed by atoms with Crippen molar-refractivity contribution in [3.8, 4) is 0 Å². The van der Waals surface area contributed by atoms with Crippen LogP contribution >= 0.6 is 0 Å². The van der Waals surface area contributed by atoms with Gasteiger partial charge >= 0.3 is 70.3 Å². The number of aryl methyl sites for hydroxylation is 1. The van der Waals surface area contributed by atoms with Crippen LogP contribution in [0.4, 0.5) is 0 Å². The first kappa shape index (κ1) is 23.9. The number of fused-ring (bicyclic) bond motifs is 1. The molecule has 0 spiro atoms. The first-order chi connectivity index (χ1) is 11.3. The van der Waals surface area contributed by atoms with Gasteiger partial charge in [0, 0.05) is 0 Å². The van der Waals surface area contributed by atoms with Gasteiger partial charge in [-0.3, -0.25) is 6.08 Å². The van der Waals surface area contributed by atoms with Gasteiger partial charge in [-0.05, 0) is 0 Å². The van der Waals surface area contributed by atoms with Gasteiger partial charge in [-0.15, -0.1) is 36.1 Å². The largest absolute Gasteiger partial charge is 1.00 e. The molecule has 0 unspecified atom stereocenters. The summed E-state index contributed by atoms with van der Waals surface area (Å²) < 4.78 is 2.19. The zero-order valence-corrected chi connectivity index (χ0v) is 18.1. The van der Waals surface area contributed by atoms with E-state index < -0.39 is 0 Å². The van der Waals surface area contributed by atoms with Crippen LogP contribution in [0.2, 0.25) is 0 Å². The van der Waals surface area contributed by atoms with E-state index in [4.69, 9.17) is 0 Å². The Morgan fingerprint density at radius 2 is 1.72 bits per heavy atom. The molecule has 3 aromatic carbocycles. The van der Waals surface area contributed by atoms with Gasteiger partial charge in [-0.2, -0.15) is 23.6 Å². The van der Waals surface area contributed by atoms with E-state index in [0.29, 0.717) is 0 Å². The van der Waals surface area contributed by atoms with Crippen molar-refractivity contribution in [2.75, 3.05) is 0 Å². The first-order valence-corrected chi connectivity index (χ1v) is 9.11. The number of benzene rings is 2. The number of rotatable bonds is 1. The minimum atomic E-state index is 0. The summed E-state index contributed by atoms with van der Waals surface area (Å²) in [5.41, 5.74) is 2.66. The molecule has 128 valence electrons. The fourth-order valence-corrected chi connectivity index (χ4v) is 2.55. The second-order valence-electron chi connectivity index (χ2n) is 5.21. The van der Waals surface area contributed by atoms with Crippen molar-refractivity contribution in [2.45, 2.75) is 13.3 Å². The topological polar surface area (TPSA) is 0 Å². The van der Waals surface area contributed by atoms with E-state index in [0.717, 1.165) is 6.42 Å². The molecule has 1 aliphatic carbocycles. The average molecular weight is 447 g/mol. The minimum absolute atomic E-state index is 0. The Bertz CT molecular complexity index is 743. The Kier molecular flexibility index (Phi) is 13.4. The molecule has 25 heavy (non-hydrogen) atoms. The van der Waals surface area contributed by atoms with E-state index >= 15 is 0 Å². The van der Waals surface area contributed by atoms with Crippen LogP contribution in [0.15, 0.2) is 85.0 Å². The van der Waals surface area contributed by atoms with E-state index in [2.05, 4.69) is 89.5 Å². The molecule has 0 heterocycles. The molecule has 0 fully saturated rings. The molecule has 0 aromatic heterocycles. The van der Waals surface area contributed by atoms with Gasteiger partial charge in [0.25, 0.3) is 0 Å². The SMILES string of the molecule is Cc1ccc([CH]=[Zr+2])cc1.[C-]1=CC=CC1.[Cl-].[Cl-].c1ccc2[cH-]ccc2c1. The van der Waals surface area contributed by atoms with E-state index in [1.54, 1.807) is 0 Å². The predicted molar refractivity (Wildman–Crippen MR) is 97.5 cm³/mol. The van der Waals surface area contributed by atoms with Crippen LogP contribution in [0.5, 0.6) is 0 Å². The van der Waals surface area contributed by atoms with Crippen LogP contribution in [0.3, 0.4) is 0 Å². The molecule has 0 saturated carbocycles. The smallest absolute Gasteiger partial charge is 0.0809 e. The van der Waals surface area contributed by atoms with E-state index in [-0.39, 0.29) is 24.8 Å². The van der Waals surface area contributed by atoms with Crippen molar-refractivity contribution in [2.24, 2.45) is 0 Å². The summed E-state index contributed by atoms with van der Waals surface area (Å²) in [4.78, 5) is 0. The standard InChI is InChI=1S/C9H7.C8H8.C5H5.2ClH.Zr/c1-2-5-9-7-3-6-8(9)4-1;1-7-3-5-8(2)6-4-7;1-2-4-5-3-1;;;/h1-7H;1,3-6H,2H3;1-3H,4H2;2*1H;/q-1;;-1;;;+2/p-2. The summed E-state index contributed by atoms with van der Waals surface area (Å²) in [6.45, 7) is 2.10. The molecular weight excluding hydrogens is 426 g/mol. The molecule has 0 aliphatic heterocycles. The van der Waals surface area contributed by atoms with Crippen LogP contribution in [0.1, 0.15) is 17.5 Å². The van der Waals surface area contributed by atoms with Gasteiger partial charge in [-0.1, -0.05) is 6.07 Å². The van der Waals surface area contributed by atoms with Crippen LogP contribution in [0, 0.1) is 13.0 Å². The number of hydrogen-bond donors (Lipinski definition) is 0. The monoisotopic (exact) mass is 444 g/mol. The predicted octanol–water partition coefficient (Wildman–Crippen LogP) is -0.435. The molecule has 0 radical (unpaired) electrons. The maximum atomic E-state index is 2.99. The van der Waals surface area contributed by atoms with Crippen molar-refractivity contribution in [3.05, 3.63) is 102 Å². The Hall–Kier alpha value is -1.14. The van der Waals surface area contributed by atoms with Crippen molar-refractivity contribution < 1.29 is 49.0 Å². The second-order valence-corrected chi connectivity index (χ2v) is 5.92. The van der Waals surface area contributed by atoms with Gasteiger partial charge in [0.2, 0.25) is 0 Å². The summed E-state index contributed by atoms with van der Waals surface area (Å²) in [5, 5.41) is 2.66. The van der Waals surface area contributed by atoms with Crippen LogP contribution in [-0.4, -0.2) is 3.71 Å². The summed E-state index contributed by atoms with van der Waals surface area (Å²) in [6, 6.07) is 23.2. The molecule has 3 heteroatoms. The molecule has 4 rings (SSSR count). The third kappa shape index (κ3) is 9.21. The number of hydrogen-bond acceptors (Lipinski definition) is 0. The molecule has 0 amide bonds. The van der Waals surface area contributed by atoms with E-state index in [9.17, 15) is 0 Å². The minimum Gasteiger partial charge on any atom is -1.00 e. The third-order valence-electron chi connectivity index (χ3n) is 3.38. The van der Waals surface area contributed by atoms with Crippen LogP contribution in [0.25, 0.3) is 10.8 Å². The number of halogens is 2. The van der Waals surface area contributed by atoms with Crippen LogP contribution < -0.4 is 24.8 Å². The maximum absolute atomic E-state index is 2.99. The number of allylic oxidation sites excluding steroid dienone is 4. The summed E-state index contributed by atoms with van der Waals surface area (Å²) in [5.74, 6) is 0. The Labute approximate surface area is 178 Å².